The molecular formula is C26H23FN4O4. The first-order valence-electron chi connectivity index (χ1n) is 10.9. The van der Waals surface area contributed by atoms with E-state index in [0.717, 1.165) is 6.07 Å². The van der Waals surface area contributed by atoms with E-state index < -0.39 is 17.6 Å². The predicted molar refractivity (Wildman–Crippen MR) is 132 cm³/mol. The highest BCUT2D eigenvalue weighted by molar-refractivity contribution is 6.11. The van der Waals surface area contributed by atoms with Crippen LogP contribution < -0.4 is 20.9 Å². The summed E-state index contributed by atoms with van der Waals surface area (Å²) in [5.74, 6) is -1.25. The maximum atomic E-state index is 13.5. The van der Waals surface area contributed by atoms with E-state index in [0.29, 0.717) is 22.2 Å². The van der Waals surface area contributed by atoms with Gasteiger partial charge in [-0.25, -0.2) is 9.07 Å². The van der Waals surface area contributed by atoms with Crippen LogP contribution in [0.3, 0.4) is 0 Å². The molecule has 0 fully saturated rings. The first-order valence-corrected chi connectivity index (χ1v) is 10.9. The molecule has 9 heteroatoms. The molecule has 0 aliphatic rings. The van der Waals surface area contributed by atoms with Gasteiger partial charge in [0, 0.05) is 16.6 Å². The van der Waals surface area contributed by atoms with Gasteiger partial charge in [-0.3, -0.25) is 14.4 Å². The van der Waals surface area contributed by atoms with Gasteiger partial charge in [-0.1, -0.05) is 24.3 Å². The molecule has 4 aromatic rings. The lowest BCUT2D eigenvalue weighted by atomic mass is 10.1. The molecule has 2 N–H and O–H groups in total. The van der Waals surface area contributed by atoms with Crippen molar-refractivity contribution in [3.05, 3.63) is 94.2 Å². The fourth-order valence-electron chi connectivity index (χ4n) is 3.62. The van der Waals surface area contributed by atoms with E-state index in [1.807, 2.05) is 13.8 Å². The minimum atomic E-state index is -0.539. The highest BCUT2D eigenvalue weighted by Crippen LogP contribution is 2.29. The molecule has 0 bridgehead atoms. The summed E-state index contributed by atoms with van der Waals surface area (Å²) in [7, 11) is 1.44. The van der Waals surface area contributed by atoms with Crippen molar-refractivity contribution in [2.75, 3.05) is 17.7 Å². The Balaban J connectivity index is 1.67. The van der Waals surface area contributed by atoms with E-state index in [9.17, 15) is 18.8 Å². The number of ether oxygens (including phenoxy) is 1. The van der Waals surface area contributed by atoms with E-state index in [1.165, 1.54) is 36.1 Å². The zero-order chi connectivity index (χ0) is 25.1. The number of anilines is 2. The van der Waals surface area contributed by atoms with Gasteiger partial charge in [0.05, 0.1) is 24.2 Å². The van der Waals surface area contributed by atoms with Crippen molar-refractivity contribution >= 4 is 34.0 Å². The predicted octanol–water partition coefficient (Wildman–Crippen LogP) is 4.63. The molecule has 0 saturated heterocycles. The van der Waals surface area contributed by atoms with Crippen LogP contribution in [0.4, 0.5) is 15.8 Å². The Labute approximate surface area is 200 Å². The number of hydrogen-bond donors (Lipinski definition) is 2. The van der Waals surface area contributed by atoms with Gasteiger partial charge in [-0.15, -0.1) is 0 Å². The third-order valence-electron chi connectivity index (χ3n) is 5.32. The van der Waals surface area contributed by atoms with Crippen molar-refractivity contribution in [1.82, 2.24) is 9.78 Å². The Hall–Kier alpha value is -4.53. The average molecular weight is 474 g/mol. The largest absolute Gasteiger partial charge is 0.495 e. The summed E-state index contributed by atoms with van der Waals surface area (Å²) in [6.07, 6.45) is 0. The second-order valence-electron chi connectivity index (χ2n) is 8.07. The monoisotopic (exact) mass is 474 g/mol. The van der Waals surface area contributed by atoms with Crippen LogP contribution in [-0.4, -0.2) is 28.7 Å². The smallest absolute Gasteiger partial charge is 0.276 e. The maximum Gasteiger partial charge on any atom is 0.276 e. The van der Waals surface area contributed by atoms with Gasteiger partial charge in [0.2, 0.25) is 0 Å². The van der Waals surface area contributed by atoms with Gasteiger partial charge in [0.25, 0.3) is 17.4 Å². The molecule has 3 aromatic carbocycles. The molecular weight excluding hydrogens is 451 g/mol. The number of hydrogen-bond acceptors (Lipinski definition) is 5. The van der Waals surface area contributed by atoms with E-state index in [1.54, 1.807) is 36.4 Å². The number of amides is 2. The number of methoxy groups -OCH3 is 1. The Bertz CT molecular complexity index is 1500. The summed E-state index contributed by atoms with van der Waals surface area (Å²) >= 11 is 0. The third-order valence-corrected chi connectivity index (χ3v) is 5.32. The summed E-state index contributed by atoms with van der Waals surface area (Å²) < 4.78 is 20.1. The zero-order valence-electron chi connectivity index (χ0n) is 19.3. The van der Waals surface area contributed by atoms with Crippen molar-refractivity contribution in [3.8, 4) is 5.75 Å². The molecule has 178 valence electrons. The number of nitrogens with one attached hydrogen (secondary N) is 2. The topological polar surface area (TPSA) is 102 Å². The molecule has 0 spiro atoms. The summed E-state index contributed by atoms with van der Waals surface area (Å²) in [4.78, 5) is 38.6. The van der Waals surface area contributed by atoms with Gasteiger partial charge in [0.15, 0.2) is 5.69 Å². The summed E-state index contributed by atoms with van der Waals surface area (Å²) in [6.45, 7) is 3.61. The van der Waals surface area contributed by atoms with Crippen LogP contribution >= 0.6 is 0 Å². The van der Waals surface area contributed by atoms with Crippen molar-refractivity contribution in [2.45, 2.75) is 19.9 Å². The van der Waals surface area contributed by atoms with Crippen LogP contribution in [0.5, 0.6) is 5.75 Å². The standard InChI is InChI=1S/C26H23FN4O4/c1-15(2)31-26(34)20-10-5-4-9-19(20)23(30-31)25(33)28-18-11-12-22(35-3)21(14-18)29-24(32)16-7-6-8-17(27)13-16/h4-15H,1-3H3,(H,28,33)(H,29,32). The van der Waals surface area contributed by atoms with Crippen molar-refractivity contribution in [3.63, 3.8) is 0 Å². The summed E-state index contributed by atoms with van der Waals surface area (Å²) in [5.41, 5.74) is 0.588. The quantitative estimate of drug-likeness (QED) is 0.424. The van der Waals surface area contributed by atoms with Crippen LogP contribution in [0, 0.1) is 5.82 Å². The fourth-order valence-corrected chi connectivity index (χ4v) is 3.62. The molecule has 35 heavy (non-hydrogen) atoms. The molecule has 1 aromatic heterocycles. The number of fused-ring (bicyclic) bond motifs is 1. The number of carbonyl (C=O) groups is 2. The zero-order valence-corrected chi connectivity index (χ0v) is 19.3. The maximum absolute atomic E-state index is 13.5. The highest BCUT2D eigenvalue weighted by atomic mass is 19.1. The van der Waals surface area contributed by atoms with Crippen molar-refractivity contribution in [1.29, 1.82) is 0 Å². The molecule has 0 radical (unpaired) electrons. The lowest BCUT2D eigenvalue weighted by Gasteiger charge is -2.15. The Morgan fingerprint density at radius 1 is 0.943 bits per heavy atom. The minimum absolute atomic E-state index is 0.0927. The minimum Gasteiger partial charge on any atom is -0.495 e. The lowest BCUT2D eigenvalue weighted by Crippen LogP contribution is -2.28. The lowest BCUT2D eigenvalue weighted by molar-refractivity contribution is 0.101. The van der Waals surface area contributed by atoms with Crippen LogP contribution in [-0.2, 0) is 0 Å². The van der Waals surface area contributed by atoms with Gasteiger partial charge in [-0.05, 0) is 56.3 Å². The molecule has 2 amide bonds. The van der Waals surface area contributed by atoms with Gasteiger partial charge in [-0.2, -0.15) is 5.10 Å². The van der Waals surface area contributed by atoms with Gasteiger partial charge in [0.1, 0.15) is 11.6 Å². The second kappa shape index (κ2) is 9.76. The normalized spacial score (nSPS) is 10.9. The SMILES string of the molecule is COc1ccc(NC(=O)c2nn(C(C)C)c(=O)c3ccccc23)cc1NC(=O)c1cccc(F)c1. The number of aromatic nitrogens is 2. The molecule has 1 heterocycles. The van der Waals surface area contributed by atoms with Gasteiger partial charge < -0.3 is 15.4 Å². The number of carbonyl (C=O) groups excluding carboxylic acids is 2. The molecule has 0 saturated carbocycles. The summed E-state index contributed by atoms with van der Waals surface area (Å²) in [5, 5.41) is 10.6. The Kier molecular flexibility index (Phi) is 6.59. The Morgan fingerprint density at radius 3 is 2.37 bits per heavy atom. The molecule has 0 atom stereocenters. The molecule has 4 rings (SSSR count). The fraction of sp³-hybridized carbons (Fsp3) is 0.154. The second-order valence-corrected chi connectivity index (χ2v) is 8.07. The Morgan fingerprint density at radius 2 is 1.69 bits per heavy atom. The first-order chi connectivity index (χ1) is 16.8. The van der Waals surface area contributed by atoms with Crippen molar-refractivity contribution in [2.24, 2.45) is 0 Å². The average Bonchev–Trinajstić information content (AvgIpc) is 2.84. The number of halogens is 1. The van der Waals surface area contributed by atoms with Crippen LogP contribution in [0.15, 0.2) is 71.5 Å². The van der Waals surface area contributed by atoms with E-state index in [2.05, 4.69) is 15.7 Å². The summed E-state index contributed by atoms with van der Waals surface area (Å²) in [6, 6.07) is 16.5. The number of nitrogens with zero attached hydrogens (tertiary/aromatic N) is 2. The van der Waals surface area contributed by atoms with Crippen LogP contribution in [0.1, 0.15) is 40.7 Å². The molecule has 0 aliphatic heterocycles. The van der Waals surface area contributed by atoms with E-state index in [-0.39, 0.29) is 28.5 Å². The van der Waals surface area contributed by atoms with Crippen LogP contribution in [0.2, 0.25) is 0 Å². The van der Waals surface area contributed by atoms with Gasteiger partial charge >= 0.3 is 0 Å². The first kappa shape index (κ1) is 23.6. The molecule has 0 aliphatic carbocycles. The number of benzene rings is 3. The van der Waals surface area contributed by atoms with Crippen molar-refractivity contribution < 1.29 is 18.7 Å². The van der Waals surface area contributed by atoms with E-state index >= 15 is 0 Å². The van der Waals surface area contributed by atoms with E-state index in [4.69, 9.17) is 4.74 Å². The molecule has 8 nitrogen and oxygen atoms in total. The number of rotatable bonds is 6. The highest BCUT2D eigenvalue weighted by Gasteiger charge is 2.19. The third kappa shape index (κ3) is 4.89. The molecule has 0 unspecified atom stereocenters. The van der Waals surface area contributed by atoms with Crippen LogP contribution in [0.25, 0.3) is 10.8 Å².